The molecule has 2 heterocycles. The van der Waals surface area contributed by atoms with Crippen molar-refractivity contribution in [2.24, 2.45) is 0 Å². The number of rotatable bonds is 10. The molecule has 4 atom stereocenters. The normalized spacial score (nSPS) is 18.2. The van der Waals surface area contributed by atoms with Crippen molar-refractivity contribution in [1.82, 2.24) is 9.88 Å². The Kier molecular flexibility index (Phi) is 11.7. The number of carbonyl (C=O) groups is 2. The Labute approximate surface area is 271 Å². The second-order valence-electron chi connectivity index (χ2n) is 12.4. The van der Waals surface area contributed by atoms with Crippen molar-refractivity contribution in [3.8, 4) is 0 Å². The summed E-state index contributed by atoms with van der Waals surface area (Å²) in [4.78, 5) is 31.8. The fourth-order valence-electron chi connectivity index (χ4n) is 5.63. The van der Waals surface area contributed by atoms with Crippen LogP contribution >= 0.6 is 11.6 Å². The van der Waals surface area contributed by atoms with E-state index in [1.54, 1.807) is 32.9 Å². The van der Waals surface area contributed by atoms with E-state index >= 15 is 4.39 Å². The number of anilines is 1. The van der Waals surface area contributed by atoms with Crippen LogP contribution in [0.15, 0.2) is 54.9 Å². The van der Waals surface area contributed by atoms with E-state index < -0.39 is 59.0 Å². The van der Waals surface area contributed by atoms with Gasteiger partial charge in [0, 0.05) is 17.9 Å². The van der Waals surface area contributed by atoms with E-state index in [0.717, 1.165) is 6.20 Å². The molecule has 2 amide bonds. The minimum absolute atomic E-state index is 0.0754. The summed E-state index contributed by atoms with van der Waals surface area (Å²) in [6, 6.07) is 9.26. The second kappa shape index (κ2) is 15.3. The van der Waals surface area contributed by atoms with Crippen molar-refractivity contribution in [2.75, 3.05) is 25.1 Å². The molecule has 248 valence electrons. The molecule has 1 aromatic heterocycles. The van der Waals surface area contributed by atoms with Gasteiger partial charge in [-0.15, -0.1) is 0 Å². The molecule has 3 aromatic rings. The average Bonchev–Trinajstić information content (AvgIpc) is 2.99. The van der Waals surface area contributed by atoms with Crippen LogP contribution in [0, 0.1) is 17.5 Å². The van der Waals surface area contributed by atoms with Crippen molar-refractivity contribution >= 4 is 29.3 Å². The lowest BCUT2D eigenvalue weighted by molar-refractivity contribution is -0.116. The van der Waals surface area contributed by atoms with Crippen molar-refractivity contribution in [3.05, 3.63) is 94.0 Å². The van der Waals surface area contributed by atoms with Gasteiger partial charge in [0.05, 0.1) is 55.0 Å². The monoisotopic (exact) mass is 661 g/mol. The van der Waals surface area contributed by atoms with Crippen LogP contribution in [0.25, 0.3) is 0 Å². The number of carbonyl (C=O) groups excluding carboxylic acids is 2. The smallest absolute Gasteiger partial charge is 0.410 e. The number of benzene rings is 2. The molecule has 8 nitrogen and oxygen atoms in total. The first-order valence-electron chi connectivity index (χ1n) is 15.1. The van der Waals surface area contributed by atoms with Crippen LogP contribution in [0.1, 0.15) is 75.5 Å². The third-order valence-electron chi connectivity index (χ3n) is 7.85. The molecular weight excluding hydrogens is 623 g/mol. The lowest BCUT2D eigenvalue weighted by atomic mass is 9.87. The summed E-state index contributed by atoms with van der Waals surface area (Å²) in [5.41, 5.74) is 0.509. The molecule has 0 bridgehead atoms. The SMILES string of the molecule is CCC(C[C@@H]1CN(C(=O)OC(C)(C)C)[C@H](CO)CO1)c1c(F)cncc1NC(=O)C[C@H](c1cccc(F)c1)c1ccc(Cl)c(F)c1. The molecule has 1 fully saturated rings. The predicted molar refractivity (Wildman–Crippen MR) is 168 cm³/mol. The minimum Gasteiger partial charge on any atom is -0.444 e. The zero-order chi connectivity index (χ0) is 33.6. The van der Waals surface area contributed by atoms with Crippen molar-refractivity contribution < 1.29 is 37.3 Å². The van der Waals surface area contributed by atoms with Crippen LogP contribution in [0.2, 0.25) is 5.02 Å². The Hall–Kier alpha value is -3.67. The molecule has 46 heavy (non-hydrogen) atoms. The number of ether oxygens (including phenoxy) is 2. The van der Waals surface area contributed by atoms with E-state index in [1.165, 1.54) is 41.4 Å². The molecule has 0 spiro atoms. The maximum atomic E-state index is 15.5. The summed E-state index contributed by atoms with van der Waals surface area (Å²) in [6.45, 7) is 7.01. The van der Waals surface area contributed by atoms with Crippen molar-refractivity contribution in [1.29, 1.82) is 0 Å². The lowest BCUT2D eigenvalue weighted by Gasteiger charge is -2.40. The summed E-state index contributed by atoms with van der Waals surface area (Å²) < 4.78 is 55.5. The van der Waals surface area contributed by atoms with Gasteiger partial charge in [-0.2, -0.15) is 0 Å². The van der Waals surface area contributed by atoms with Crippen LogP contribution in [0.5, 0.6) is 0 Å². The van der Waals surface area contributed by atoms with Gasteiger partial charge in [0.1, 0.15) is 23.1 Å². The molecular formula is C34H39ClF3N3O5. The summed E-state index contributed by atoms with van der Waals surface area (Å²) >= 11 is 5.88. The Balaban J connectivity index is 1.55. The van der Waals surface area contributed by atoms with Gasteiger partial charge in [-0.1, -0.05) is 36.7 Å². The molecule has 1 unspecified atom stereocenters. The molecule has 0 saturated carbocycles. The van der Waals surface area contributed by atoms with E-state index in [1.807, 2.05) is 6.92 Å². The van der Waals surface area contributed by atoms with Gasteiger partial charge in [0.15, 0.2) is 0 Å². The van der Waals surface area contributed by atoms with Crippen molar-refractivity contribution in [2.45, 2.75) is 76.5 Å². The summed E-state index contributed by atoms with van der Waals surface area (Å²) in [7, 11) is 0. The highest BCUT2D eigenvalue weighted by atomic mass is 35.5. The number of amides is 2. The molecule has 4 rings (SSSR count). The summed E-state index contributed by atoms with van der Waals surface area (Å²) in [6.07, 6.45) is 1.89. The Morgan fingerprint density at radius 1 is 1.13 bits per heavy atom. The van der Waals surface area contributed by atoms with Gasteiger partial charge in [0.2, 0.25) is 5.91 Å². The Bertz CT molecular complexity index is 1540. The predicted octanol–water partition coefficient (Wildman–Crippen LogP) is 7.19. The first-order valence-corrected chi connectivity index (χ1v) is 15.5. The standard InChI is InChI=1S/C34H39ClF3N3O5/c1-5-20(12-25-17-41(24(18-42)19-45-25)33(44)46-34(2,3)4)32-29(38)15-39-16-30(32)40-31(43)14-26(21-7-6-8-23(36)11-21)22-9-10-27(35)28(37)13-22/h6-11,13,15-16,20,24-26,42H,5,12,14,17-19H2,1-4H3,(H,40,43)/t20?,24-,25-,26-/m1/s1. The van der Waals surface area contributed by atoms with Crippen LogP contribution in [-0.4, -0.2) is 64.5 Å². The van der Waals surface area contributed by atoms with Gasteiger partial charge in [0.25, 0.3) is 0 Å². The zero-order valence-corrected chi connectivity index (χ0v) is 27.0. The van der Waals surface area contributed by atoms with Gasteiger partial charge in [-0.05, 0) is 74.9 Å². The fourth-order valence-corrected chi connectivity index (χ4v) is 5.75. The topological polar surface area (TPSA) is 101 Å². The first-order chi connectivity index (χ1) is 21.8. The quantitative estimate of drug-likeness (QED) is 0.239. The van der Waals surface area contributed by atoms with E-state index in [-0.39, 0.29) is 42.5 Å². The highest BCUT2D eigenvalue weighted by Gasteiger charge is 2.36. The maximum absolute atomic E-state index is 15.5. The molecule has 2 aromatic carbocycles. The number of hydrogen-bond donors (Lipinski definition) is 2. The highest BCUT2D eigenvalue weighted by Crippen LogP contribution is 2.36. The third-order valence-corrected chi connectivity index (χ3v) is 8.16. The maximum Gasteiger partial charge on any atom is 0.410 e. The van der Waals surface area contributed by atoms with Gasteiger partial charge < -0.3 is 19.9 Å². The lowest BCUT2D eigenvalue weighted by Crippen LogP contribution is -2.55. The second-order valence-corrected chi connectivity index (χ2v) is 12.8. The molecule has 1 saturated heterocycles. The Morgan fingerprint density at radius 2 is 1.87 bits per heavy atom. The van der Waals surface area contributed by atoms with Crippen molar-refractivity contribution in [3.63, 3.8) is 0 Å². The Morgan fingerprint density at radius 3 is 2.52 bits per heavy atom. The summed E-state index contributed by atoms with van der Waals surface area (Å²) in [5.74, 6) is -3.52. The van der Waals surface area contributed by atoms with Crippen LogP contribution in [0.3, 0.4) is 0 Å². The van der Waals surface area contributed by atoms with E-state index in [4.69, 9.17) is 21.1 Å². The average molecular weight is 662 g/mol. The molecule has 0 radical (unpaired) electrons. The number of aliphatic hydroxyl groups excluding tert-OH is 1. The number of hydrogen-bond acceptors (Lipinski definition) is 6. The number of nitrogens with one attached hydrogen (secondary N) is 1. The van der Waals surface area contributed by atoms with E-state index in [0.29, 0.717) is 24.0 Å². The molecule has 2 N–H and O–H groups in total. The number of aliphatic hydroxyl groups is 1. The largest absolute Gasteiger partial charge is 0.444 e. The van der Waals surface area contributed by atoms with E-state index in [2.05, 4.69) is 10.3 Å². The van der Waals surface area contributed by atoms with Crippen LogP contribution in [-0.2, 0) is 14.3 Å². The summed E-state index contributed by atoms with van der Waals surface area (Å²) in [5, 5.41) is 12.5. The van der Waals surface area contributed by atoms with Gasteiger partial charge in [-0.25, -0.2) is 18.0 Å². The fraction of sp³-hybridized carbons (Fsp3) is 0.441. The molecule has 0 aliphatic carbocycles. The number of morpholine rings is 1. The highest BCUT2D eigenvalue weighted by molar-refractivity contribution is 6.30. The first kappa shape index (κ1) is 35.2. The molecule has 1 aliphatic rings. The minimum atomic E-state index is -0.737. The van der Waals surface area contributed by atoms with Gasteiger partial charge >= 0.3 is 6.09 Å². The number of nitrogens with zero attached hydrogens (tertiary/aromatic N) is 2. The molecule has 12 heteroatoms. The molecule has 1 aliphatic heterocycles. The number of halogens is 4. The van der Waals surface area contributed by atoms with Gasteiger partial charge in [-0.3, -0.25) is 14.7 Å². The number of aromatic nitrogens is 1. The zero-order valence-electron chi connectivity index (χ0n) is 26.2. The van der Waals surface area contributed by atoms with Crippen LogP contribution < -0.4 is 5.32 Å². The number of pyridine rings is 1. The van der Waals surface area contributed by atoms with Crippen LogP contribution in [0.4, 0.5) is 23.7 Å². The van der Waals surface area contributed by atoms with E-state index in [9.17, 15) is 23.5 Å². The third kappa shape index (κ3) is 8.98.